The monoisotopic (exact) mass is 336 g/mol. The number of imide groups is 1. The lowest BCUT2D eigenvalue weighted by molar-refractivity contribution is -0.142. The average Bonchev–Trinajstić information content (AvgIpc) is 2.88. The SMILES string of the molecule is Cc1ccc(C2=CCN(CN3C(=O)[C@H]4CC=CC[C@@H]4C3=O)CC2)cc1. The molecule has 130 valence electrons. The van der Waals surface area contributed by atoms with Crippen LogP contribution in [0.5, 0.6) is 0 Å². The number of carbonyl (C=O) groups excluding carboxylic acids is 2. The van der Waals surface area contributed by atoms with Crippen LogP contribution >= 0.6 is 0 Å². The van der Waals surface area contributed by atoms with Gasteiger partial charge in [0, 0.05) is 13.1 Å². The second-order valence-electron chi connectivity index (χ2n) is 7.32. The number of amides is 2. The molecule has 2 amide bonds. The van der Waals surface area contributed by atoms with E-state index >= 15 is 0 Å². The number of likely N-dealkylation sites (tertiary alicyclic amines) is 1. The summed E-state index contributed by atoms with van der Waals surface area (Å²) in [6, 6.07) is 8.61. The number of fused-ring (bicyclic) bond motifs is 1. The van der Waals surface area contributed by atoms with Gasteiger partial charge in [0.15, 0.2) is 0 Å². The molecule has 0 spiro atoms. The quantitative estimate of drug-likeness (QED) is 0.629. The van der Waals surface area contributed by atoms with Crippen LogP contribution in [0.25, 0.3) is 5.57 Å². The normalized spacial score (nSPS) is 26.8. The van der Waals surface area contributed by atoms with Crippen LogP contribution in [0.3, 0.4) is 0 Å². The van der Waals surface area contributed by atoms with Crippen molar-refractivity contribution in [1.29, 1.82) is 0 Å². The minimum atomic E-state index is -0.124. The molecule has 0 unspecified atom stereocenters. The minimum absolute atomic E-state index is 0.0210. The molecule has 2 aliphatic heterocycles. The fraction of sp³-hybridized carbons (Fsp3) is 0.429. The van der Waals surface area contributed by atoms with Crippen molar-refractivity contribution in [3.05, 3.63) is 53.6 Å². The summed E-state index contributed by atoms with van der Waals surface area (Å²) in [7, 11) is 0. The summed E-state index contributed by atoms with van der Waals surface area (Å²) in [6.07, 6.45) is 8.68. The highest BCUT2D eigenvalue weighted by Crippen LogP contribution is 2.35. The van der Waals surface area contributed by atoms with E-state index in [0.717, 1.165) is 19.5 Å². The molecule has 0 aromatic heterocycles. The van der Waals surface area contributed by atoms with Crippen molar-refractivity contribution in [1.82, 2.24) is 9.80 Å². The van der Waals surface area contributed by atoms with Gasteiger partial charge in [-0.25, -0.2) is 0 Å². The lowest BCUT2D eigenvalue weighted by atomic mass is 9.85. The van der Waals surface area contributed by atoms with E-state index in [9.17, 15) is 9.59 Å². The summed E-state index contributed by atoms with van der Waals surface area (Å²) < 4.78 is 0. The fourth-order valence-electron chi connectivity index (χ4n) is 4.08. The molecular weight excluding hydrogens is 312 g/mol. The van der Waals surface area contributed by atoms with Crippen molar-refractivity contribution < 1.29 is 9.59 Å². The molecule has 4 heteroatoms. The first-order valence-corrected chi connectivity index (χ1v) is 9.12. The van der Waals surface area contributed by atoms with Crippen molar-refractivity contribution in [3.63, 3.8) is 0 Å². The second-order valence-corrected chi connectivity index (χ2v) is 7.32. The first-order valence-electron chi connectivity index (χ1n) is 9.12. The number of aryl methyl sites for hydroxylation is 1. The fourth-order valence-corrected chi connectivity index (χ4v) is 4.08. The van der Waals surface area contributed by atoms with Crippen molar-refractivity contribution in [3.8, 4) is 0 Å². The highest BCUT2D eigenvalue weighted by Gasteiger charge is 2.47. The Balaban J connectivity index is 1.41. The lowest BCUT2D eigenvalue weighted by Gasteiger charge is -2.29. The van der Waals surface area contributed by atoms with Crippen LogP contribution in [0.4, 0.5) is 0 Å². The van der Waals surface area contributed by atoms with Crippen LogP contribution in [0, 0.1) is 18.8 Å². The number of rotatable bonds is 3. The molecule has 1 aromatic carbocycles. The average molecular weight is 336 g/mol. The van der Waals surface area contributed by atoms with Gasteiger partial charge < -0.3 is 0 Å². The van der Waals surface area contributed by atoms with E-state index in [2.05, 4.69) is 42.2 Å². The molecule has 4 rings (SSSR count). The third-order valence-electron chi connectivity index (χ3n) is 5.66. The Labute approximate surface area is 148 Å². The molecule has 1 saturated heterocycles. The van der Waals surface area contributed by atoms with Crippen molar-refractivity contribution in [2.75, 3.05) is 19.8 Å². The van der Waals surface area contributed by atoms with E-state index < -0.39 is 0 Å². The Kier molecular flexibility index (Phi) is 4.30. The maximum absolute atomic E-state index is 12.6. The van der Waals surface area contributed by atoms with Gasteiger partial charge in [-0.2, -0.15) is 0 Å². The molecule has 4 nitrogen and oxygen atoms in total. The third kappa shape index (κ3) is 3.07. The van der Waals surface area contributed by atoms with Crippen molar-refractivity contribution in [2.45, 2.75) is 26.2 Å². The number of hydrogen-bond acceptors (Lipinski definition) is 3. The van der Waals surface area contributed by atoms with Crippen LogP contribution in [0.1, 0.15) is 30.4 Å². The van der Waals surface area contributed by atoms with Crippen LogP contribution in [-0.4, -0.2) is 41.4 Å². The third-order valence-corrected chi connectivity index (χ3v) is 5.66. The van der Waals surface area contributed by atoms with Gasteiger partial charge in [0.1, 0.15) is 0 Å². The molecule has 3 aliphatic rings. The Hall–Kier alpha value is -2.20. The van der Waals surface area contributed by atoms with Crippen LogP contribution in [-0.2, 0) is 9.59 Å². The minimum Gasteiger partial charge on any atom is -0.282 e. The number of hydrogen-bond donors (Lipinski definition) is 0. The predicted molar refractivity (Wildman–Crippen MR) is 97.4 cm³/mol. The van der Waals surface area contributed by atoms with Crippen molar-refractivity contribution >= 4 is 17.4 Å². The first-order chi connectivity index (χ1) is 12.1. The molecule has 0 saturated carbocycles. The van der Waals surface area contributed by atoms with Gasteiger partial charge in [-0.05, 0) is 37.3 Å². The van der Waals surface area contributed by atoms with Crippen LogP contribution in [0.2, 0.25) is 0 Å². The maximum atomic E-state index is 12.6. The summed E-state index contributed by atoms with van der Waals surface area (Å²) in [5, 5.41) is 0. The van der Waals surface area contributed by atoms with Gasteiger partial charge in [0.25, 0.3) is 0 Å². The molecule has 2 heterocycles. The molecule has 0 bridgehead atoms. The summed E-state index contributed by atoms with van der Waals surface area (Å²) in [4.78, 5) is 28.8. The number of nitrogens with zero attached hydrogens (tertiary/aromatic N) is 2. The molecule has 25 heavy (non-hydrogen) atoms. The molecule has 1 aromatic rings. The summed E-state index contributed by atoms with van der Waals surface area (Å²) >= 11 is 0. The molecule has 2 atom stereocenters. The summed E-state index contributed by atoms with van der Waals surface area (Å²) in [5.74, 6) is -0.206. The molecule has 1 fully saturated rings. The number of allylic oxidation sites excluding steroid dienone is 2. The van der Waals surface area contributed by atoms with Crippen molar-refractivity contribution in [2.24, 2.45) is 11.8 Å². The van der Waals surface area contributed by atoms with Gasteiger partial charge in [-0.1, -0.05) is 48.1 Å². The number of benzene rings is 1. The van der Waals surface area contributed by atoms with Gasteiger partial charge in [0.05, 0.1) is 18.5 Å². The van der Waals surface area contributed by atoms with E-state index in [4.69, 9.17) is 0 Å². The topological polar surface area (TPSA) is 40.6 Å². The zero-order valence-electron chi connectivity index (χ0n) is 14.6. The van der Waals surface area contributed by atoms with Gasteiger partial charge in [0.2, 0.25) is 11.8 Å². The van der Waals surface area contributed by atoms with Crippen LogP contribution in [0.15, 0.2) is 42.5 Å². The summed E-state index contributed by atoms with van der Waals surface area (Å²) in [6.45, 7) is 4.19. The first kappa shape index (κ1) is 16.3. The van der Waals surface area contributed by atoms with Gasteiger partial charge >= 0.3 is 0 Å². The van der Waals surface area contributed by atoms with Crippen LogP contribution < -0.4 is 0 Å². The lowest BCUT2D eigenvalue weighted by Crippen LogP contribution is -2.43. The Morgan fingerprint density at radius 1 is 1.00 bits per heavy atom. The molecule has 0 N–H and O–H groups in total. The number of carbonyl (C=O) groups is 2. The van der Waals surface area contributed by atoms with Gasteiger partial charge in [-0.15, -0.1) is 0 Å². The maximum Gasteiger partial charge on any atom is 0.234 e. The van der Waals surface area contributed by atoms with E-state index in [-0.39, 0.29) is 23.7 Å². The van der Waals surface area contributed by atoms with Gasteiger partial charge in [-0.3, -0.25) is 19.4 Å². The van der Waals surface area contributed by atoms with E-state index in [1.807, 2.05) is 12.2 Å². The standard InChI is InChI=1S/C21H24N2O2/c1-15-6-8-16(9-7-15)17-10-12-22(13-11-17)14-23-20(24)18-4-2-3-5-19(18)21(23)25/h2-3,6-10,18-19H,4-5,11-14H2,1H3/t18-,19-/m0/s1. The Morgan fingerprint density at radius 3 is 2.20 bits per heavy atom. The van der Waals surface area contributed by atoms with E-state index in [0.29, 0.717) is 19.5 Å². The van der Waals surface area contributed by atoms with E-state index in [1.165, 1.54) is 21.6 Å². The zero-order chi connectivity index (χ0) is 17.4. The second kappa shape index (κ2) is 6.60. The highest BCUT2D eigenvalue weighted by atomic mass is 16.2. The molecule has 1 aliphatic carbocycles. The molecule has 0 radical (unpaired) electrons. The Bertz CT molecular complexity index is 722. The largest absolute Gasteiger partial charge is 0.282 e. The smallest absolute Gasteiger partial charge is 0.234 e. The Morgan fingerprint density at radius 2 is 1.64 bits per heavy atom. The summed E-state index contributed by atoms with van der Waals surface area (Å²) in [5.41, 5.74) is 3.90. The predicted octanol–water partition coefficient (Wildman–Crippen LogP) is 2.99. The van der Waals surface area contributed by atoms with E-state index in [1.54, 1.807) is 0 Å². The highest BCUT2D eigenvalue weighted by molar-refractivity contribution is 6.05. The molecular formula is C21H24N2O2. The zero-order valence-corrected chi connectivity index (χ0v) is 14.6.